The molecule has 0 aliphatic rings. The average molecular weight is 227 g/mol. The largest absolute Gasteiger partial charge is 0.308 e. The summed E-state index contributed by atoms with van der Waals surface area (Å²) in [6.45, 7) is 5.17. The van der Waals surface area contributed by atoms with Crippen LogP contribution in [0.25, 0.3) is 0 Å². The van der Waals surface area contributed by atoms with Crippen molar-refractivity contribution in [2.24, 2.45) is 7.05 Å². The maximum Gasteiger partial charge on any atom is 0.0597 e. The fourth-order valence-electron chi connectivity index (χ4n) is 1.60. The number of nitrogens with one attached hydrogen (secondary N) is 1. The van der Waals surface area contributed by atoms with Crippen molar-refractivity contribution in [3.63, 3.8) is 0 Å². The summed E-state index contributed by atoms with van der Waals surface area (Å²) >= 11 is 1.89. The van der Waals surface area contributed by atoms with Gasteiger partial charge in [-0.05, 0) is 25.7 Å². The zero-order valence-corrected chi connectivity index (χ0v) is 10.9. The van der Waals surface area contributed by atoms with Gasteiger partial charge >= 0.3 is 0 Å². The minimum Gasteiger partial charge on any atom is -0.308 e. The summed E-state index contributed by atoms with van der Waals surface area (Å²) in [5.74, 6) is 1.17. The van der Waals surface area contributed by atoms with Crippen molar-refractivity contribution in [3.05, 3.63) is 17.5 Å². The van der Waals surface area contributed by atoms with Crippen molar-refractivity contribution in [1.82, 2.24) is 15.1 Å². The van der Waals surface area contributed by atoms with Crippen molar-refractivity contribution in [2.45, 2.75) is 32.9 Å². The summed E-state index contributed by atoms with van der Waals surface area (Å²) in [6.07, 6.45) is 3.33. The van der Waals surface area contributed by atoms with Gasteiger partial charge in [-0.25, -0.2) is 0 Å². The molecule has 1 aromatic rings. The van der Waals surface area contributed by atoms with Gasteiger partial charge < -0.3 is 5.32 Å². The summed E-state index contributed by atoms with van der Waals surface area (Å²) in [4.78, 5) is 0. The van der Waals surface area contributed by atoms with Crippen molar-refractivity contribution < 1.29 is 0 Å². The zero-order valence-electron chi connectivity index (χ0n) is 10.1. The van der Waals surface area contributed by atoms with E-state index in [0.717, 1.165) is 12.2 Å². The molecule has 1 rings (SSSR count). The Balaban J connectivity index is 2.44. The van der Waals surface area contributed by atoms with Crippen LogP contribution in [-0.2, 0) is 13.6 Å². The van der Waals surface area contributed by atoms with Crippen LogP contribution in [0.4, 0.5) is 0 Å². The zero-order chi connectivity index (χ0) is 11.3. The number of aryl methyl sites for hydroxylation is 2. The predicted octanol–water partition coefficient (Wildman–Crippen LogP) is 1.96. The van der Waals surface area contributed by atoms with Crippen LogP contribution < -0.4 is 5.32 Å². The van der Waals surface area contributed by atoms with E-state index in [1.807, 2.05) is 30.4 Å². The number of aromatic nitrogens is 2. The Morgan fingerprint density at radius 1 is 1.60 bits per heavy atom. The van der Waals surface area contributed by atoms with Gasteiger partial charge in [-0.2, -0.15) is 16.9 Å². The lowest BCUT2D eigenvalue weighted by molar-refractivity contribution is 0.522. The van der Waals surface area contributed by atoms with Gasteiger partial charge in [0.2, 0.25) is 0 Å². The van der Waals surface area contributed by atoms with E-state index in [4.69, 9.17) is 0 Å². The molecule has 86 valence electrons. The minimum absolute atomic E-state index is 0.607. The molecule has 0 bridgehead atoms. The highest BCUT2D eigenvalue weighted by atomic mass is 32.2. The van der Waals surface area contributed by atoms with Crippen molar-refractivity contribution >= 4 is 11.8 Å². The molecule has 0 saturated heterocycles. The Morgan fingerprint density at radius 3 is 2.80 bits per heavy atom. The highest BCUT2D eigenvalue weighted by molar-refractivity contribution is 7.98. The van der Waals surface area contributed by atoms with E-state index >= 15 is 0 Å². The Kier molecular flexibility index (Phi) is 5.19. The molecule has 0 amide bonds. The molecular formula is C11H21N3S. The van der Waals surface area contributed by atoms with E-state index in [1.54, 1.807) is 0 Å². The molecule has 1 aromatic heterocycles. The van der Waals surface area contributed by atoms with E-state index in [2.05, 4.69) is 29.7 Å². The van der Waals surface area contributed by atoms with Crippen molar-refractivity contribution in [2.75, 3.05) is 12.0 Å². The molecule has 0 aliphatic heterocycles. The van der Waals surface area contributed by atoms with Crippen LogP contribution in [0, 0.1) is 6.92 Å². The molecule has 3 nitrogen and oxygen atoms in total. The lowest BCUT2D eigenvalue weighted by Gasteiger charge is -2.15. The molecule has 0 saturated carbocycles. The Hall–Kier alpha value is -0.480. The first-order chi connectivity index (χ1) is 7.17. The number of hydrogen-bond donors (Lipinski definition) is 1. The lowest BCUT2D eigenvalue weighted by atomic mass is 10.2. The van der Waals surface area contributed by atoms with E-state index in [-0.39, 0.29) is 0 Å². The van der Waals surface area contributed by atoms with Crippen LogP contribution in [0.15, 0.2) is 6.07 Å². The van der Waals surface area contributed by atoms with Crippen LogP contribution in [-0.4, -0.2) is 27.8 Å². The fraction of sp³-hybridized carbons (Fsp3) is 0.727. The first-order valence-electron chi connectivity index (χ1n) is 5.39. The van der Waals surface area contributed by atoms with E-state index in [9.17, 15) is 0 Å². The smallest absolute Gasteiger partial charge is 0.0597 e. The first kappa shape index (κ1) is 12.6. The van der Waals surface area contributed by atoms with Gasteiger partial charge in [-0.3, -0.25) is 4.68 Å². The average Bonchev–Trinajstić information content (AvgIpc) is 2.52. The third-order valence-electron chi connectivity index (χ3n) is 2.53. The molecule has 0 radical (unpaired) electrons. The van der Waals surface area contributed by atoms with Crippen LogP contribution >= 0.6 is 11.8 Å². The van der Waals surface area contributed by atoms with Gasteiger partial charge in [0.05, 0.1) is 11.4 Å². The second kappa shape index (κ2) is 6.18. The quantitative estimate of drug-likeness (QED) is 0.805. The molecule has 1 unspecified atom stereocenters. The van der Waals surface area contributed by atoms with Crippen LogP contribution in [0.3, 0.4) is 0 Å². The molecule has 4 heteroatoms. The predicted molar refractivity (Wildman–Crippen MR) is 67.2 cm³/mol. The highest BCUT2D eigenvalue weighted by Crippen LogP contribution is 2.05. The molecule has 1 heterocycles. The maximum atomic E-state index is 4.33. The summed E-state index contributed by atoms with van der Waals surface area (Å²) in [6, 6.07) is 2.74. The fourth-order valence-corrected chi connectivity index (χ4v) is 2.36. The maximum absolute atomic E-state index is 4.33. The molecular weight excluding hydrogens is 206 g/mol. The summed E-state index contributed by atoms with van der Waals surface area (Å²) in [5.41, 5.74) is 2.35. The minimum atomic E-state index is 0.607. The molecule has 0 fully saturated rings. The molecule has 15 heavy (non-hydrogen) atoms. The molecule has 1 N–H and O–H groups in total. The van der Waals surface area contributed by atoms with Crippen LogP contribution in [0.2, 0.25) is 0 Å². The SMILES string of the molecule is CCC(CSC)NCc1cc(C)nn1C. The molecule has 0 aromatic carbocycles. The molecule has 0 spiro atoms. The molecule has 0 aliphatic carbocycles. The number of thioether (sulfide) groups is 1. The number of nitrogens with zero attached hydrogens (tertiary/aromatic N) is 2. The summed E-state index contributed by atoms with van der Waals surface area (Å²) in [5, 5.41) is 7.89. The number of rotatable bonds is 6. The topological polar surface area (TPSA) is 29.9 Å². The summed E-state index contributed by atoms with van der Waals surface area (Å²) < 4.78 is 1.95. The van der Waals surface area contributed by atoms with Crippen LogP contribution in [0.5, 0.6) is 0 Å². The van der Waals surface area contributed by atoms with E-state index < -0.39 is 0 Å². The Labute approximate surface area is 96.6 Å². The lowest BCUT2D eigenvalue weighted by Crippen LogP contribution is -2.30. The third-order valence-corrected chi connectivity index (χ3v) is 3.27. The van der Waals surface area contributed by atoms with Gasteiger partial charge in [0.25, 0.3) is 0 Å². The normalized spacial score (nSPS) is 13.1. The first-order valence-corrected chi connectivity index (χ1v) is 6.78. The van der Waals surface area contributed by atoms with Gasteiger partial charge in [0.15, 0.2) is 0 Å². The van der Waals surface area contributed by atoms with Gasteiger partial charge in [0, 0.05) is 25.4 Å². The van der Waals surface area contributed by atoms with Gasteiger partial charge in [0.1, 0.15) is 0 Å². The summed E-state index contributed by atoms with van der Waals surface area (Å²) in [7, 11) is 2.00. The van der Waals surface area contributed by atoms with Crippen LogP contribution in [0.1, 0.15) is 24.7 Å². The van der Waals surface area contributed by atoms with Gasteiger partial charge in [-0.15, -0.1) is 0 Å². The van der Waals surface area contributed by atoms with Crippen molar-refractivity contribution in [1.29, 1.82) is 0 Å². The second-order valence-corrected chi connectivity index (χ2v) is 4.75. The monoisotopic (exact) mass is 227 g/mol. The van der Waals surface area contributed by atoms with E-state index in [1.165, 1.54) is 17.9 Å². The molecule has 1 atom stereocenters. The standard InChI is InChI=1S/C11H21N3S/c1-5-10(8-15-4)12-7-11-6-9(2)13-14(11)3/h6,10,12H,5,7-8H2,1-4H3. The van der Waals surface area contributed by atoms with Gasteiger partial charge in [-0.1, -0.05) is 6.92 Å². The Bertz CT molecular complexity index is 296. The Morgan fingerprint density at radius 2 is 2.33 bits per heavy atom. The van der Waals surface area contributed by atoms with Crippen molar-refractivity contribution in [3.8, 4) is 0 Å². The van der Waals surface area contributed by atoms with E-state index in [0.29, 0.717) is 6.04 Å². The third kappa shape index (κ3) is 3.87. The second-order valence-electron chi connectivity index (χ2n) is 3.84. The number of hydrogen-bond acceptors (Lipinski definition) is 3. The highest BCUT2D eigenvalue weighted by Gasteiger charge is 2.06.